The zero-order valence-electron chi connectivity index (χ0n) is 10.4. The Morgan fingerprint density at radius 2 is 2.16 bits per heavy atom. The van der Waals surface area contributed by atoms with E-state index >= 15 is 0 Å². The van der Waals surface area contributed by atoms with Gasteiger partial charge in [0.1, 0.15) is 5.75 Å². The Labute approximate surface area is 120 Å². The molecule has 0 fully saturated rings. The number of fused-ring (bicyclic) bond motifs is 1. The van der Waals surface area contributed by atoms with Crippen molar-refractivity contribution < 1.29 is 13.5 Å². The monoisotopic (exact) mass is 305 g/mol. The predicted octanol–water partition coefficient (Wildman–Crippen LogP) is 5.10. The molecule has 0 N–H and O–H groups in total. The fourth-order valence-electron chi connectivity index (χ4n) is 1.83. The van der Waals surface area contributed by atoms with Crippen LogP contribution < -0.4 is 4.74 Å². The third kappa shape index (κ3) is 2.82. The molecule has 19 heavy (non-hydrogen) atoms. The Hall–Kier alpha value is -0.940. The van der Waals surface area contributed by atoms with E-state index in [4.69, 9.17) is 16.3 Å². The normalized spacial score (nSPS) is 11.5. The molecule has 0 radical (unpaired) electrons. The largest absolute Gasteiger partial charge is 0.492 e. The molecule has 2 aromatic rings. The second kappa shape index (κ2) is 6.01. The van der Waals surface area contributed by atoms with Crippen molar-refractivity contribution in [1.82, 2.24) is 3.97 Å². The lowest BCUT2D eigenvalue weighted by molar-refractivity contribution is 0.146. The zero-order valence-corrected chi connectivity index (χ0v) is 12.0. The maximum Gasteiger partial charge on any atom is 0.279 e. The molecule has 1 aromatic carbocycles. The summed E-state index contributed by atoms with van der Waals surface area (Å²) in [6, 6.07) is 4.71. The fraction of sp³-hybridized carbons (Fsp3) is 0.385. The summed E-state index contributed by atoms with van der Waals surface area (Å²) in [5.41, 5.74) is 0.373. The van der Waals surface area contributed by atoms with E-state index in [-0.39, 0.29) is 5.69 Å². The third-order valence-corrected chi connectivity index (χ3v) is 3.70. The van der Waals surface area contributed by atoms with Gasteiger partial charge in [-0.3, -0.25) is 3.97 Å². The van der Waals surface area contributed by atoms with Crippen LogP contribution >= 0.6 is 24.4 Å². The number of nitrogens with zero attached hydrogens (tertiary/aromatic N) is 1. The number of ether oxygens (including phenoxy) is 1. The van der Waals surface area contributed by atoms with Crippen molar-refractivity contribution in [3.8, 4) is 5.75 Å². The molecule has 6 heteroatoms. The highest BCUT2D eigenvalue weighted by atomic mass is 35.5. The van der Waals surface area contributed by atoms with Crippen molar-refractivity contribution in [2.45, 2.75) is 26.2 Å². The van der Waals surface area contributed by atoms with Crippen molar-refractivity contribution in [1.29, 1.82) is 0 Å². The van der Waals surface area contributed by atoms with E-state index in [1.807, 2.05) is 0 Å². The molecule has 1 heterocycles. The molecular weight excluding hydrogens is 292 g/mol. The Morgan fingerprint density at radius 3 is 2.79 bits per heavy atom. The van der Waals surface area contributed by atoms with E-state index in [2.05, 4.69) is 19.7 Å². The Morgan fingerprint density at radius 1 is 1.42 bits per heavy atom. The lowest BCUT2D eigenvalue weighted by atomic mass is 10.2. The fourth-order valence-corrected chi connectivity index (χ4v) is 2.41. The summed E-state index contributed by atoms with van der Waals surface area (Å²) < 4.78 is 32.3. The van der Waals surface area contributed by atoms with E-state index in [0.29, 0.717) is 28.3 Å². The highest BCUT2D eigenvalue weighted by Crippen LogP contribution is 2.37. The van der Waals surface area contributed by atoms with Crippen LogP contribution in [0.4, 0.5) is 8.78 Å². The van der Waals surface area contributed by atoms with Crippen LogP contribution in [-0.2, 0) is 0 Å². The van der Waals surface area contributed by atoms with Crippen LogP contribution in [-0.4, -0.2) is 10.6 Å². The predicted molar refractivity (Wildman–Crippen MR) is 76.7 cm³/mol. The average molecular weight is 306 g/mol. The van der Waals surface area contributed by atoms with Gasteiger partial charge in [0, 0.05) is 5.39 Å². The molecule has 0 aliphatic rings. The van der Waals surface area contributed by atoms with Gasteiger partial charge in [-0.2, -0.15) is 0 Å². The molecule has 0 aliphatic heterocycles. The Bertz CT molecular complexity index is 586. The van der Waals surface area contributed by atoms with Crippen LogP contribution in [0.2, 0.25) is 5.02 Å². The maximum atomic E-state index is 12.8. The zero-order chi connectivity index (χ0) is 14.0. The van der Waals surface area contributed by atoms with Gasteiger partial charge in [-0.15, -0.1) is 0 Å². The first-order valence-electron chi connectivity index (χ1n) is 6.00. The number of aromatic nitrogens is 1. The Kier molecular flexibility index (Phi) is 4.58. The van der Waals surface area contributed by atoms with Gasteiger partial charge in [-0.05, 0) is 24.6 Å². The molecule has 0 aliphatic carbocycles. The lowest BCUT2D eigenvalue weighted by Crippen LogP contribution is -1.97. The van der Waals surface area contributed by atoms with E-state index < -0.39 is 6.43 Å². The topological polar surface area (TPSA) is 14.2 Å². The first-order chi connectivity index (χ1) is 9.06. The van der Waals surface area contributed by atoms with Crippen molar-refractivity contribution in [2.75, 3.05) is 6.61 Å². The standard InChI is InChI=1S/C13H14ClF2NOS/c1-2-3-6-18-11-5-4-9-8(12(11)14)7-10(13(15)16)17(9)19/h4-5,7,13,19H,2-3,6H2,1H3. The number of benzene rings is 1. The van der Waals surface area contributed by atoms with Crippen LogP contribution in [0.25, 0.3) is 10.9 Å². The number of halogens is 3. The van der Waals surface area contributed by atoms with Crippen molar-refractivity contribution in [3.05, 3.63) is 28.9 Å². The molecule has 0 atom stereocenters. The summed E-state index contributed by atoms with van der Waals surface area (Å²) >= 11 is 10.3. The van der Waals surface area contributed by atoms with Gasteiger partial charge in [-0.1, -0.05) is 37.8 Å². The highest BCUT2D eigenvalue weighted by Gasteiger charge is 2.18. The third-order valence-electron chi connectivity index (χ3n) is 2.87. The van der Waals surface area contributed by atoms with E-state index in [1.165, 1.54) is 6.07 Å². The molecule has 0 amide bonds. The van der Waals surface area contributed by atoms with Crippen molar-refractivity contribution in [2.24, 2.45) is 0 Å². The molecule has 2 rings (SSSR count). The molecule has 1 aromatic heterocycles. The molecule has 0 bridgehead atoms. The molecule has 0 saturated heterocycles. The van der Waals surface area contributed by atoms with E-state index in [9.17, 15) is 8.78 Å². The lowest BCUT2D eigenvalue weighted by Gasteiger charge is -2.08. The maximum absolute atomic E-state index is 12.8. The second-order valence-electron chi connectivity index (χ2n) is 4.19. The molecule has 0 unspecified atom stereocenters. The number of rotatable bonds is 5. The van der Waals surface area contributed by atoms with E-state index in [1.54, 1.807) is 12.1 Å². The van der Waals surface area contributed by atoms with Gasteiger partial charge < -0.3 is 4.74 Å². The van der Waals surface area contributed by atoms with Crippen LogP contribution in [0, 0.1) is 0 Å². The summed E-state index contributed by atoms with van der Waals surface area (Å²) in [6.45, 7) is 2.62. The van der Waals surface area contributed by atoms with Gasteiger partial charge >= 0.3 is 0 Å². The SMILES string of the molecule is CCCCOc1ccc2c(cc(C(F)F)n2S)c1Cl. The first-order valence-corrected chi connectivity index (χ1v) is 6.78. The molecule has 2 nitrogen and oxygen atoms in total. The summed E-state index contributed by atoms with van der Waals surface area (Å²) in [7, 11) is 0. The summed E-state index contributed by atoms with van der Waals surface area (Å²) in [5, 5.41) is 0.879. The summed E-state index contributed by atoms with van der Waals surface area (Å²) in [6.07, 6.45) is -0.655. The van der Waals surface area contributed by atoms with Crippen LogP contribution in [0.3, 0.4) is 0 Å². The van der Waals surface area contributed by atoms with E-state index in [0.717, 1.165) is 16.8 Å². The number of hydrogen-bond acceptors (Lipinski definition) is 2. The minimum atomic E-state index is -2.59. The number of hydrogen-bond donors (Lipinski definition) is 1. The van der Waals surface area contributed by atoms with Crippen LogP contribution in [0.15, 0.2) is 18.2 Å². The second-order valence-corrected chi connectivity index (χ2v) is 4.97. The molecule has 0 saturated carbocycles. The van der Waals surface area contributed by atoms with Gasteiger partial charge in [0.05, 0.1) is 22.8 Å². The molecule has 0 spiro atoms. The quantitative estimate of drug-likeness (QED) is 0.599. The first kappa shape index (κ1) is 14.5. The number of alkyl halides is 2. The van der Waals surface area contributed by atoms with Crippen LogP contribution in [0.5, 0.6) is 5.75 Å². The average Bonchev–Trinajstić information content (AvgIpc) is 2.71. The number of thiol groups is 1. The van der Waals surface area contributed by atoms with Gasteiger partial charge in [0.25, 0.3) is 6.43 Å². The van der Waals surface area contributed by atoms with Crippen LogP contribution in [0.1, 0.15) is 31.9 Å². The number of unbranched alkanes of at least 4 members (excludes halogenated alkanes) is 1. The smallest absolute Gasteiger partial charge is 0.279 e. The minimum Gasteiger partial charge on any atom is -0.492 e. The molecular formula is C13H14ClF2NOS. The summed E-state index contributed by atoms with van der Waals surface area (Å²) in [5.74, 6) is 0.516. The summed E-state index contributed by atoms with van der Waals surface area (Å²) in [4.78, 5) is 0. The van der Waals surface area contributed by atoms with Gasteiger partial charge in [-0.25, -0.2) is 8.78 Å². The van der Waals surface area contributed by atoms with Gasteiger partial charge in [0.2, 0.25) is 0 Å². The van der Waals surface area contributed by atoms with Crippen molar-refractivity contribution >= 4 is 35.3 Å². The van der Waals surface area contributed by atoms with Gasteiger partial charge in [0.15, 0.2) is 0 Å². The Balaban J connectivity index is 2.41. The molecule has 104 valence electrons. The highest BCUT2D eigenvalue weighted by molar-refractivity contribution is 7.78. The minimum absolute atomic E-state index is 0.175. The van der Waals surface area contributed by atoms with Crippen molar-refractivity contribution in [3.63, 3.8) is 0 Å².